The van der Waals surface area contributed by atoms with E-state index >= 15 is 0 Å². The van der Waals surface area contributed by atoms with Crippen molar-refractivity contribution in [3.05, 3.63) is 10.7 Å². The fraction of sp³-hybridized carbons (Fsp3) is 0.824. The first-order valence-electron chi connectivity index (χ1n) is 8.73. The van der Waals surface area contributed by atoms with Crippen molar-refractivity contribution < 1.29 is 4.84 Å². The number of hydrogen-bond acceptors (Lipinski definition) is 5. The molecule has 0 amide bonds. The van der Waals surface area contributed by atoms with Crippen LogP contribution in [0.1, 0.15) is 49.7 Å². The van der Waals surface area contributed by atoms with E-state index in [0.717, 1.165) is 28.2 Å². The Labute approximate surface area is 138 Å². The Kier molecular flexibility index (Phi) is 5.37. The van der Waals surface area contributed by atoms with Crippen molar-refractivity contribution in [3.8, 4) is 5.06 Å². The monoisotopic (exact) mass is 323 g/mol. The predicted octanol–water partition coefficient (Wildman–Crippen LogP) is 3.64. The molecule has 22 heavy (non-hydrogen) atoms. The van der Waals surface area contributed by atoms with Crippen LogP contribution in [0.15, 0.2) is 0 Å². The summed E-state index contributed by atoms with van der Waals surface area (Å²) in [4.78, 5) is 13.3. The molecule has 1 aromatic rings. The molecule has 0 spiro atoms. The number of piperidine rings is 1. The molecular weight excluding hydrogens is 294 g/mol. The van der Waals surface area contributed by atoms with Gasteiger partial charge in [0, 0.05) is 12.6 Å². The zero-order valence-electron chi connectivity index (χ0n) is 14.2. The molecule has 0 aliphatic carbocycles. The summed E-state index contributed by atoms with van der Waals surface area (Å²) in [5.41, 5.74) is 1.03. The van der Waals surface area contributed by atoms with Crippen LogP contribution in [0, 0.1) is 19.8 Å². The standard InChI is InChI=1S/C17H29N3OS/c1-13-6-10-19(11-7-13)12-8-16-5-4-9-20(16)21-17-14(2)18-15(3)22-17/h13,16H,4-12H2,1-3H3. The summed E-state index contributed by atoms with van der Waals surface area (Å²) >= 11 is 1.66. The van der Waals surface area contributed by atoms with E-state index in [1.807, 2.05) is 13.8 Å². The highest BCUT2D eigenvalue weighted by molar-refractivity contribution is 7.13. The first-order valence-corrected chi connectivity index (χ1v) is 9.54. The number of nitrogens with zero attached hydrogens (tertiary/aromatic N) is 3. The summed E-state index contributed by atoms with van der Waals surface area (Å²) in [6.45, 7) is 11.3. The first kappa shape index (κ1) is 16.2. The lowest BCUT2D eigenvalue weighted by molar-refractivity contribution is -0.0715. The van der Waals surface area contributed by atoms with Crippen molar-refractivity contribution in [2.45, 2.75) is 58.9 Å². The molecule has 0 saturated carbocycles. The topological polar surface area (TPSA) is 28.6 Å². The molecule has 124 valence electrons. The van der Waals surface area contributed by atoms with Crippen LogP contribution in [0.2, 0.25) is 0 Å². The van der Waals surface area contributed by atoms with E-state index in [0.29, 0.717) is 6.04 Å². The van der Waals surface area contributed by atoms with Gasteiger partial charge in [0.25, 0.3) is 0 Å². The van der Waals surface area contributed by atoms with Crippen LogP contribution in [0.25, 0.3) is 0 Å². The van der Waals surface area contributed by atoms with Crippen LogP contribution < -0.4 is 4.84 Å². The Morgan fingerprint density at radius 2 is 1.95 bits per heavy atom. The van der Waals surface area contributed by atoms with Gasteiger partial charge in [0.2, 0.25) is 5.06 Å². The van der Waals surface area contributed by atoms with Crippen LogP contribution in [-0.2, 0) is 0 Å². The number of aryl methyl sites for hydroxylation is 2. The third-order valence-electron chi connectivity index (χ3n) is 5.04. The van der Waals surface area contributed by atoms with Gasteiger partial charge >= 0.3 is 0 Å². The summed E-state index contributed by atoms with van der Waals surface area (Å²) in [5.74, 6) is 0.917. The molecule has 2 fully saturated rings. The second-order valence-corrected chi connectivity index (χ2v) is 8.11. The fourth-order valence-corrected chi connectivity index (χ4v) is 4.32. The minimum atomic E-state index is 0.571. The molecule has 0 bridgehead atoms. The summed E-state index contributed by atoms with van der Waals surface area (Å²) in [6, 6.07) is 0.571. The van der Waals surface area contributed by atoms with Gasteiger partial charge in [-0.2, -0.15) is 0 Å². The van der Waals surface area contributed by atoms with Crippen molar-refractivity contribution in [2.24, 2.45) is 5.92 Å². The van der Waals surface area contributed by atoms with Gasteiger partial charge in [-0.15, -0.1) is 5.06 Å². The molecule has 2 aliphatic heterocycles. The van der Waals surface area contributed by atoms with E-state index in [1.165, 1.54) is 51.7 Å². The molecule has 2 saturated heterocycles. The maximum absolute atomic E-state index is 6.17. The average molecular weight is 324 g/mol. The second kappa shape index (κ2) is 7.28. The lowest BCUT2D eigenvalue weighted by atomic mass is 9.99. The van der Waals surface area contributed by atoms with E-state index in [4.69, 9.17) is 4.84 Å². The largest absolute Gasteiger partial charge is 0.393 e. The number of likely N-dealkylation sites (tertiary alicyclic amines) is 1. The lowest BCUT2D eigenvalue weighted by Crippen LogP contribution is -2.38. The zero-order chi connectivity index (χ0) is 15.5. The maximum atomic E-state index is 6.17. The quantitative estimate of drug-likeness (QED) is 0.827. The van der Waals surface area contributed by atoms with Gasteiger partial charge in [0.05, 0.1) is 10.7 Å². The molecule has 0 aromatic carbocycles. The number of rotatable bonds is 5. The molecular formula is C17H29N3OS. The van der Waals surface area contributed by atoms with E-state index in [9.17, 15) is 0 Å². The Bertz CT molecular complexity index is 482. The molecule has 5 heteroatoms. The van der Waals surface area contributed by atoms with Crippen molar-refractivity contribution in [2.75, 3.05) is 26.2 Å². The normalized spacial score (nSPS) is 25.0. The summed E-state index contributed by atoms with van der Waals surface area (Å²) < 4.78 is 0. The van der Waals surface area contributed by atoms with Crippen LogP contribution in [0.4, 0.5) is 0 Å². The van der Waals surface area contributed by atoms with Gasteiger partial charge in [0.15, 0.2) is 0 Å². The minimum absolute atomic E-state index is 0.571. The zero-order valence-corrected chi connectivity index (χ0v) is 15.0. The van der Waals surface area contributed by atoms with E-state index in [2.05, 4.69) is 21.9 Å². The Morgan fingerprint density at radius 3 is 2.64 bits per heavy atom. The summed E-state index contributed by atoms with van der Waals surface area (Å²) in [7, 11) is 0. The molecule has 1 unspecified atom stereocenters. The first-order chi connectivity index (χ1) is 10.6. The number of thiazole rings is 1. The molecule has 2 aliphatic rings. The van der Waals surface area contributed by atoms with Crippen LogP contribution in [-0.4, -0.2) is 47.2 Å². The lowest BCUT2D eigenvalue weighted by Gasteiger charge is -2.32. The maximum Gasteiger partial charge on any atom is 0.223 e. The highest BCUT2D eigenvalue weighted by atomic mass is 32.1. The predicted molar refractivity (Wildman–Crippen MR) is 91.4 cm³/mol. The van der Waals surface area contributed by atoms with Crippen molar-refractivity contribution in [1.29, 1.82) is 0 Å². The summed E-state index contributed by atoms with van der Waals surface area (Å²) in [6.07, 6.45) is 6.47. The second-order valence-electron chi connectivity index (χ2n) is 6.95. The van der Waals surface area contributed by atoms with Gasteiger partial charge in [-0.3, -0.25) is 0 Å². The average Bonchev–Trinajstić information content (AvgIpc) is 3.05. The minimum Gasteiger partial charge on any atom is -0.393 e. The Morgan fingerprint density at radius 1 is 1.18 bits per heavy atom. The van der Waals surface area contributed by atoms with Gasteiger partial charge in [-0.05, 0) is 71.5 Å². The summed E-state index contributed by atoms with van der Waals surface area (Å²) in [5, 5.41) is 4.29. The van der Waals surface area contributed by atoms with Gasteiger partial charge in [-0.25, -0.2) is 4.98 Å². The molecule has 3 heterocycles. The van der Waals surface area contributed by atoms with Crippen molar-refractivity contribution >= 4 is 11.3 Å². The third kappa shape index (κ3) is 4.00. The van der Waals surface area contributed by atoms with Crippen LogP contribution in [0.3, 0.4) is 0 Å². The number of aromatic nitrogens is 1. The number of hydroxylamine groups is 2. The molecule has 1 aromatic heterocycles. The van der Waals surface area contributed by atoms with Gasteiger partial charge in [0.1, 0.15) is 0 Å². The fourth-order valence-electron chi connectivity index (χ4n) is 3.54. The SMILES string of the molecule is Cc1nc(C)c(ON2CCCC2CCN2CCC(C)CC2)s1. The highest BCUT2D eigenvalue weighted by Crippen LogP contribution is 2.30. The molecule has 4 nitrogen and oxygen atoms in total. The smallest absolute Gasteiger partial charge is 0.223 e. The highest BCUT2D eigenvalue weighted by Gasteiger charge is 2.28. The van der Waals surface area contributed by atoms with E-state index < -0.39 is 0 Å². The molecule has 1 atom stereocenters. The van der Waals surface area contributed by atoms with Crippen LogP contribution >= 0.6 is 11.3 Å². The van der Waals surface area contributed by atoms with Gasteiger partial charge in [-0.1, -0.05) is 18.3 Å². The Balaban J connectivity index is 1.49. The molecule has 3 rings (SSSR count). The van der Waals surface area contributed by atoms with E-state index in [1.54, 1.807) is 11.3 Å². The van der Waals surface area contributed by atoms with Gasteiger partial charge < -0.3 is 9.74 Å². The Hall–Kier alpha value is -0.650. The van der Waals surface area contributed by atoms with Crippen molar-refractivity contribution in [1.82, 2.24) is 14.9 Å². The van der Waals surface area contributed by atoms with E-state index in [-0.39, 0.29) is 0 Å². The molecule has 0 radical (unpaired) electrons. The van der Waals surface area contributed by atoms with Crippen molar-refractivity contribution in [3.63, 3.8) is 0 Å². The number of hydrogen-bond donors (Lipinski definition) is 0. The van der Waals surface area contributed by atoms with Crippen LogP contribution in [0.5, 0.6) is 5.06 Å². The third-order valence-corrected chi connectivity index (χ3v) is 5.98. The molecule has 0 N–H and O–H groups in total.